The number of hydrogen-bond donors (Lipinski definition) is 2. The lowest BCUT2D eigenvalue weighted by Crippen LogP contribution is -2.45. The van der Waals surface area contributed by atoms with E-state index in [1.165, 1.54) is 18.2 Å². The molecule has 1 aliphatic carbocycles. The van der Waals surface area contributed by atoms with E-state index in [1.807, 2.05) is 0 Å². The second-order valence-electron chi connectivity index (χ2n) is 5.73. The molecule has 1 saturated carbocycles. The molecule has 1 aromatic carbocycles. The van der Waals surface area contributed by atoms with Gasteiger partial charge in [-0.2, -0.15) is 0 Å². The Bertz CT molecular complexity index is 725. The molecule has 1 heterocycles. The molecular weight excluding hydrogens is 357 g/mol. The Morgan fingerprint density at radius 3 is 2.46 bits per heavy atom. The van der Waals surface area contributed by atoms with Crippen molar-refractivity contribution in [3.8, 4) is 0 Å². The Morgan fingerprint density at radius 1 is 1.12 bits per heavy atom. The largest absolute Gasteiger partial charge is 0.480 e. The lowest BCUT2D eigenvalue weighted by Gasteiger charge is -2.38. The third-order valence-electron chi connectivity index (χ3n) is 4.00. The molecule has 128 valence electrons. The molecule has 1 amide bonds. The Kier molecular flexibility index (Phi) is 4.60. The topological polar surface area (TPSA) is 84.9 Å². The van der Waals surface area contributed by atoms with Gasteiger partial charge in [-0.1, -0.05) is 29.6 Å². The molecule has 8 heteroatoms. The predicted molar refractivity (Wildman–Crippen MR) is 87.7 cm³/mol. The Hall–Kier alpha value is -1.92. The van der Waals surface area contributed by atoms with Crippen LogP contribution in [-0.2, 0) is 19.1 Å². The molecule has 1 aromatic rings. The number of halogens is 2. The average molecular weight is 372 g/mol. The molecule has 0 bridgehead atoms. The van der Waals surface area contributed by atoms with E-state index in [0.717, 1.165) is 19.3 Å². The van der Waals surface area contributed by atoms with Crippen molar-refractivity contribution in [1.29, 1.82) is 0 Å². The maximum Gasteiger partial charge on any atom is 0.354 e. The summed E-state index contributed by atoms with van der Waals surface area (Å²) in [6.07, 6.45) is 3.64. The van der Waals surface area contributed by atoms with Crippen LogP contribution in [0.2, 0.25) is 10.0 Å². The van der Waals surface area contributed by atoms with Crippen LogP contribution in [-0.4, -0.2) is 22.8 Å². The molecule has 0 atom stereocenters. The highest BCUT2D eigenvalue weighted by Crippen LogP contribution is 2.38. The van der Waals surface area contributed by atoms with Crippen molar-refractivity contribution >= 4 is 40.8 Å². The molecule has 0 aromatic heterocycles. The van der Waals surface area contributed by atoms with Gasteiger partial charge in [-0.25, -0.2) is 4.79 Å². The zero-order chi connectivity index (χ0) is 17.3. The molecular formula is C16H15Cl2NO5. The fourth-order valence-electron chi connectivity index (χ4n) is 2.81. The SMILES string of the molecule is O=C(Nc1ccc(Cl)c(Cl)c1)C1=C(O)OC2(CCCCC2)OC1=O. The summed E-state index contributed by atoms with van der Waals surface area (Å²) < 4.78 is 10.7. The number of benzene rings is 1. The number of rotatable bonds is 2. The summed E-state index contributed by atoms with van der Waals surface area (Å²) >= 11 is 11.7. The van der Waals surface area contributed by atoms with Crippen LogP contribution in [0.25, 0.3) is 0 Å². The molecule has 6 nitrogen and oxygen atoms in total. The summed E-state index contributed by atoms with van der Waals surface area (Å²) in [5.41, 5.74) is -0.252. The normalized spacial score (nSPS) is 19.7. The van der Waals surface area contributed by atoms with E-state index in [2.05, 4.69) is 5.32 Å². The number of carbonyl (C=O) groups is 2. The van der Waals surface area contributed by atoms with Crippen LogP contribution in [0.5, 0.6) is 0 Å². The third-order valence-corrected chi connectivity index (χ3v) is 4.74. The van der Waals surface area contributed by atoms with Crippen molar-refractivity contribution in [3.63, 3.8) is 0 Å². The smallest absolute Gasteiger partial charge is 0.354 e. The van der Waals surface area contributed by atoms with Crippen molar-refractivity contribution in [1.82, 2.24) is 0 Å². The van der Waals surface area contributed by atoms with Gasteiger partial charge in [0.05, 0.1) is 10.0 Å². The molecule has 1 spiro atoms. The maximum atomic E-state index is 12.3. The van der Waals surface area contributed by atoms with E-state index in [0.29, 0.717) is 23.6 Å². The van der Waals surface area contributed by atoms with Gasteiger partial charge in [-0.05, 0) is 31.0 Å². The molecule has 2 aliphatic rings. The van der Waals surface area contributed by atoms with Crippen LogP contribution in [0.3, 0.4) is 0 Å². The minimum absolute atomic E-state index is 0.247. The number of carbonyl (C=O) groups excluding carboxylic acids is 2. The summed E-state index contributed by atoms with van der Waals surface area (Å²) in [4.78, 5) is 24.5. The number of ether oxygens (including phenoxy) is 2. The van der Waals surface area contributed by atoms with Crippen LogP contribution in [0.4, 0.5) is 5.69 Å². The Balaban J connectivity index is 1.79. The van der Waals surface area contributed by atoms with Crippen LogP contribution >= 0.6 is 23.2 Å². The van der Waals surface area contributed by atoms with Gasteiger partial charge in [0.1, 0.15) is 0 Å². The second-order valence-corrected chi connectivity index (χ2v) is 6.54. The molecule has 1 aliphatic heterocycles. The van der Waals surface area contributed by atoms with Crippen LogP contribution in [0.1, 0.15) is 32.1 Å². The second kappa shape index (κ2) is 6.53. The first-order valence-electron chi connectivity index (χ1n) is 7.52. The number of aliphatic hydroxyl groups excluding tert-OH is 1. The van der Waals surface area contributed by atoms with Gasteiger partial charge in [0.25, 0.3) is 11.7 Å². The summed E-state index contributed by atoms with van der Waals surface area (Å²) in [5.74, 6) is -3.63. The van der Waals surface area contributed by atoms with Crippen LogP contribution in [0.15, 0.2) is 29.7 Å². The van der Waals surface area contributed by atoms with Gasteiger partial charge in [-0.15, -0.1) is 0 Å². The van der Waals surface area contributed by atoms with Gasteiger partial charge >= 0.3 is 11.9 Å². The maximum absolute atomic E-state index is 12.3. The molecule has 1 fully saturated rings. The number of nitrogens with one attached hydrogen (secondary N) is 1. The number of hydrogen-bond acceptors (Lipinski definition) is 5. The zero-order valence-corrected chi connectivity index (χ0v) is 14.1. The van der Waals surface area contributed by atoms with Gasteiger partial charge in [0.15, 0.2) is 0 Å². The van der Waals surface area contributed by atoms with Crippen molar-refractivity contribution in [2.24, 2.45) is 0 Å². The first-order valence-corrected chi connectivity index (χ1v) is 8.28. The highest BCUT2D eigenvalue weighted by atomic mass is 35.5. The van der Waals surface area contributed by atoms with E-state index in [-0.39, 0.29) is 5.02 Å². The zero-order valence-electron chi connectivity index (χ0n) is 12.6. The van der Waals surface area contributed by atoms with Crippen molar-refractivity contribution in [2.75, 3.05) is 5.32 Å². The van der Waals surface area contributed by atoms with Gasteiger partial charge in [-0.3, -0.25) is 4.79 Å². The predicted octanol–water partition coefficient (Wildman–Crippen LogP) is 3.94. The van der Waals surface area contributed by atoms with Crippen LogP contribution < -0.4 is 5.32 Å². The Morgan fingerprint density at radius 2 is 1.83 bits per heavy atom. The lowest BCUT2D eigenvalue weighted by molar-refractivity contribution is -0.249. The first-order chi connectivity index (χ1) is 11.4. The number of amides is 1. The molecule has 0 saturated heterocycles. The molecule has 0 radical (unpaired) electrons. The average Bonchev–Trinajstić information content (AvgIpc) is 2.51. The molecule has 0 unspecified atom stereocenters. The molecule has 2 N–H and O–H groups in total. The third kappa shape index (κ3) is 3.30. The minimum atomic E-state index is -1.16. The van der Waals surface area contributed by atoms with Crippen LogP contribution in [0, 0.1) is 0 Å². The summed E-state index contributed by atoms with van der Waals surface area (Å²) in [6, 6.07) is 4.44. The summed E-state index contributed by atoms with van der Waals surface area (Å²) in [5, 5.41) is 13.1. The standard InChI is InChI=1S/C16H15Cl2NO5/c17-10-5-4-9(8-11(10)18)19-13(20)12-14(21)23-16(24-15(12)22)6-2-1-3-7-16/h4-5,8,21H,1-3,6-7H2,(H,19,20). The van der Waals surface area contributed by atoms with E-state index in [4.69, 9.17) is 32.7 Å². The summed E-state index contributed by atoms with van der Waals surface area (Å²) in [7, 11) is 0. The van der Waals surface area contributed by atoms with Crippen molar-refractivity contribution in [2.45, 2.75) is 37.9 Å². The summed E-state index contributed by atoms with van der Waals surface area (Å²) in [6.45, 7) is 0. The van der Waals surface area contributed by atoms with Gasteiger partial charge < -0.3 is 19.9 Å². The van der Waals surface area contributed by atoms with E-state index in [1.54, 1.807) is 0 Å². The minimum Gasteiger partial charge on any atom is -0.480 e. The number of anilines is 1. The molecule has 24 heavy (non-hydrogen) atoms. The van der Waals surface area contributed by atoms with Crippen molar-refractivity contribution < 1.29 is 24.2 Å². The van der Waals surface area contributed by atoms with Gasteiger partial charge in [0, 0.05) is 18.5 Å². The molecule has 3 rings (SSSR count). The van der Waals surface area contributed by atoms with E-state index in [9.17, 15) is 14.7 Å². The monoisotopic (exact) mass is 371 g/mol. The highest BCUT2D eigenvalue weighted by Gasteiger charge is 2.46. The number of esters is 1. The fourth-order valence-corrected chi connectivity index (χ4v) is 3.11. The number of aliphatic hydroxyl groups is 1. The first kappa shape index (κ1) is 16.9. The quantitative estimate of drug-likeness (QED) is 0.607. The highest BCUT2D eigenvalue weighted by molar-refractivity contribution is 6.42. The van der Waals surface area contributed by atoms with E-state index >= 15 is 0 Å². The lowest BCUT2D eigenvalue weighted by atomic mass is 9.93. The van der Waals surface area contributed by atoms with Gasteiger partial charge in [0.2, 0.25) is 5.57 Å². The fraction of sp³-hybridized carbons (Fsp3) is 0.375. The Labute approximate surface area is 148 Å². The van der Waals surface area contributed by atoms with E-state index < -0.39 is 29.2 Å². The van der Waals surface area contributed by atoms with Crippen molar-refractivity contribution in [3.05, 3.63) is 39.8 Å².